The number of carbonyl (C=O) groups is 2. The van der Waals surface area contributed by atoms with E-state index in [9.17, 15) is 45.4 Å². The maximum absolute atomic E-state index is 13.8. The average molecular weight is 697 g/mol. The molecule has 0 spiro atoms. The summed E-state index contributed by atoms with van der Waals surface area (Å²) in [6.45, 7) is 3.03. The zero-order valence-corrected chi connectivity index (χ0v) is 25.7. The molecule has 0 saturated carbocycles. The van der Waals surface area contributed by atoms with Gasteiger partial charge in [0, 0.05) is 21.3 Å². The SMILES string of the molecule is COc1ccc(-c2noc(C(C)(C)CO)n2)cc1C(=O)Nc1c(C(=O)Nc2ccc(F)c(C(F)(F)F)c2)sc2cc(C(F)(F)F)ccc12. The Kier molecular flexibility index (Phi) is 8.96. The van der Waals surface area contributed by atoms with Gasteiger partial charge in [0.15, 0.2) is 0 Å². The number of benzene rings is 3. The summed E-state index contributed by atoms with van der Waals surface area (Å²) in [6.07, 6.45) is -9.83. The van der Waals surface area contributed by atoms with Gasteiger partial charge in [-0.25, -0.2) is 4.39 Å². The largest absolute Gasteiger partial charge is 0.496 e. The Labute approximate surface area is 270 Å². The number of nitrogens with one attached hydrogen (secondary N) is 2. The first-order valence-corrected chi connectivity index (χ1v) is 14.5. The highest BCUT2D eigenvalue weighted by molar-refractivity contribution is 7.21. The first-order chi connectivity index (χ1) is 22.4. The molecule has 5 rings (SSSR count). The lowest BCUT2D eigenvalue weighted by Gasteiger charge is -2.14. The summed E-state index contributed by atoms with van der Waals surface area (Å²) in [6, 6.07) is 8.54. The molecule has 2 aromatic heterocycles. The lowest BCUT2D eigenvalue weighted by molar-refractivity contribution is -0.140. The van der Waals surface area contributed by atoms with Crippen molar-refractivity contribution >= 4 is 44.6 Å². The monoisotopic (exact) mass is 696 g/mol. The highest BCUT2D eigenvalue weighted by Gasteiger charge is 2.35. The van der Waals surface area contributed by atoms with Gasteiger partial charge in [0.05, 0.1) is 41.5 Å². The number of amides is 2. The minimum atomic E-state index is -5.08. The van der Waals surface area contributed by atoms with Crippen molar-refractivity contribution in [1.82, 2.24) is 10.1 Å². The number of aliphatic hydroxyl groups is 1. The Hall–Kier alpha value is -5.03. The van der Waals surface area contributed by atoms with Crippen molar-refractivity contribution in [2.24, 2.45) is 0 Å². The Morgan fingerprint density at radius 1 is 0.938 bits per heavy atom. The average Bonchev–Trinajstić information content (AvgIpc) is 3.67. The summed E-state index contributed by atoms with van der Waals surface area (Å²) >= 11 is 0.542. The van der Waals surface area contributed by atoms with Crippen molar-refractivity contribution < 1.29 is 54.7 Å². The van der Waals surface area contributed by atoms with Crippen LogP contribution in [0.4, 0.5) is 42.1 Å². The Morgan fingerprint density at radius 2 is 1.67 bits per heavy atom. The molecule has 48 heavy (non-hydrogen) atoms. The van der Waals surface area contributed by atoms with E-state index in [2.05, 4.69) is 20.8 Å². The summed E-state index contributed by atoms with van der Waals surface area (Å²) in [7, 11) is 1.28. The number of anilines is 2. The third-order valence-corrected chi connectivity index (χ3v) is 8.25. The van der Waals surface area contributed by atoms with E-state index in [0.717, 1.165) is 24.3 Å². The minimum absolute atomic E-state index is 0.0192. The van der Waals surface area contributed by atoms with Crippen LogP contribution in [-0.4, -0.2) is 40.8 Å². The first-order valence-electron chi connectivity index (χ1n) is 13.7. The van der Waals surface area contributed by atoms with E-state index in [4.69, 9.17) is 9.26 Å². The van der Waals surface area contributed by atoms with Gasteiger partial charge >= 0.3 is 12.4 Å². The second-order valence-corrected chi connectivity index (χ2v) is 12.0. The third kappa shape index (κ3) is 6.82. The number of hydrogen-bond donors (Lipinski definition) is 3. The van der Waals surface area contributed by atoms with Crippen molar-refractivity contribution in [3.63, 3.8) is 0 Å². The molecule has 0 radical (unpaired) electrons. The van der Waals surface area contributed by atoms with Gasteiger partial charge in [0.2, 0.25) is 11.7 Å². The Balaban J connectivity index is 1.56. The smallest absolute Gasteiger partial charge is 0.419 e. The second-order valence-electron chi connectivity index (χ2n) is 11.0. The molecule has 3 N–H and O–H groups in total. The predicted octanol–water partition coefficient (Wildman–Crippen LogP) is 7.91. The van der Waals surface area contributed by atoms with E-state index in [1.54, 1.807) is 13.8 Å². The zero-order chi connectivity index (χ0) is 35.2. The summed E-state index contributed by atoms with van der Waals surface area (Å²) in [5, 5.41) is 18.3. The number of methoxy groups -OCH3 is 1. The molecule has 0 unspecified atom stereocenters. The van der Waals surface area contributed by atoms with Crippen LogP contribution < -0.4 is 15.4 Å². The molecule has 0 aliphatic carbocycles. The van der Waals surface area contributed by atoms with Crippen LogP contribution >= 0.6 is 11.3 Å². The number of nitrogens with zero attached hydrogens (tertiary/aromatic N) is 2. The molecule has 252 valence electrons. The molecular weight excluding hydrogens is 673 g/mol. The van der Waals surface area contributed by atoms with Crippen molar-refractivity contribution in [2.75, 3.05) is 24.4 Å². The fourth-order valence-corrected chi connectivity index (χ4v) is 5.55. The fourth-order valence-electron chi connectivity index (χ4n) is 4.45. The van der Waals surface area contributed by atoms with E-state index in [1.807, 2.05) is 0 Å². The van der Waals surface area contributed by atoms with Crippen LogP contribution in [0.2, 0.25) is 0 Å². The maximum Gasteiger partial charge on any atom is 0.419 e. The molecule has 17 heteroatoms. The van der Waals surface area contributed by atoms with Crippen LogP contribution in [0.1, 0.15) is 50.9 Å². The number of aliphatic hydroxyl groups excluding tert-OH is 1. The number of ether oxygens (including phenoxy) is 1. The van der Waals surface area contributed by atoms with Gasteiger partial charge in [-0.1, -0.05) is 11.2 Å². The third-order valence-electron chi connectivity index (χ3n) is 7.09. The number of thiophene rings is 1. The fraction of sp³-hybridized carbons (Fsp3) is 0.226. The molecule has 0 aliphatic heterocycles. The number of aromatic nitrogens is 2. The summed E-state index contributed by atoms with van der Waals surface area (Å²) in [5.41, 5.74) is -4.11. The number of fused-ring (bicyclic) bond motifs is 1. The van der Waals surface area contributed by atoms with Crippen molar-refractivity contribution in [2.45, 2.75) is 31.6 Å². The summed E-state index contributed by atoms with van der Waals surface area (Å²) < 4.78 is 105. The van der Waals surface area contributed by atoms with Crippen LogP contribution in [0, 0.1) is 5.82 Å². The molecule has 9 nitrogen and oxygen atoms in total. The molecule has 3 aromatic carbocycles. The quantitative estimate of drug-likeness (QED) is 0.141. The number of rotatable bonds is 8. The van der Waals surface area contributed by atoms with Crippen molar-refractivity contribution in [3.8, 4) is 17.1 Å². The van der Waals surface area contributed by atoms with E-state index < -0.39 is 52.2 Å². The number of alkyl halides is 6. The predicted molar refractivity (Wildman–Crippen MR) is 161 cm³/mol. The number of hydrogen-bond acceptors (Lipinski definition) is 8. The van der Waals surface area contributed by atoms with Crippen LogP contribution in [0.5, 0.6) is 5.75 Å². The summed E-state index contributed by atoms with van der Waals surface area (Å²) in [4.78, 5) is 31.0. The van der Waals surface area contributed by atoms with E-state index in [1.165, 1.54) is 25.3 Å². The van der Waals surface area contributed by atoms with Gasteiger partial charge in [-0.3, -0.25) is 9.59 Å². The van der Waals surface area contributed by atoms with Gasteiger partial charge < -0.3 is 25.0 Å². The lowest BCUT2D eigenvalue weighted by Crippen LogP contribution is -2.22. The number of halogens is 7. The van der Waals surface area contributed by atoms with Gasteiger partial charge in [-0.15, -0.1) is 11.3 Å². The van der Waals surface area contributed by atoms with Crippen LogP contribution in [0.15, 0.2) is 59.1 Å². The van der Waals surface area contributed by atoms with Gasteiger partial charge in [0.1, 0.15) is 16.4 Å². The molecule has 0 saturated heterocycles. The van der Waals surface area contributed by atoms with Gasteiger partial charge in [-0.2, -0.15) is 31.3 Å². The number of carbonyl (C=O) groups excluding carboxylic acids is 2. The highest BCUT2D eigenvalue weighted by atomic mass is 32.1. The molecule has 5 aromatic rings. The molecule has 0 atom stereocenters. The molecule has 0 fully saturated rings. The first kappa shape index (κ1) is 34.3. The van der Waals surface area contributed by atoms with E-state index in [-0.39, 0.29) is 55.8 Å². The van der Waals surface area contributed by atoms with Gasteiger partial charge in [0.25, 0.3) is 11.8 Å². The lowest BCUT2D eigenvalue weighted by atomic mass is 9.95. The minimum Gasteiger partial charge on any atom is -0.496 e. The van der Waals surface area contributed by atoms with E-state index in [0.29, 0.717) is 23.5 Å². The second kappa shape index (κ2) is 12.5. The normalized spacial score (nSPS) is 12.3. The molecule has 2 heterocycles. The van der Waals surface area contributed by atoms with Crippen molar-refractivity contribution in [3.05, 3.63) is 87.9 Å². The van der Waals surface area contributed by atoms with Crippen LogP contribution in [-0.2, 0) is 17.8 Å². The molecule has 0 aliphatic rings. The van der Waals surface area contributed by atoms with Gasteiger partial charge in [-0.05, 0) is 62.4 Å². The summed E-state index contributed by atoms with van der Waals surface area (Å²) in [5.74, 6) is -3.34. The van der Waals surface area contributed by atoms with Crippen molar-refractivity contribution in [1.29, 1.82) is 0 Å². The van der Waals surface area contributed by atoms with Crippen LogP contribution in [0.25, 0.3) is 21.5 Å². The Bertz CT molecular complexity index is 2040. The Morgan fingerprint density at radius 3 is 2.31 bits per heavy atom. The topological polar surface area (TPSA) is 127 Å². The maximum atomic E-state index is 13.8. The molecule has 2 amide bonds. The van der Waals surface area contributed by atoms with E-state index >= 15 is 0 Å². The molecular formula is C31H23F7N4O5S. The highest BCUT2D eigenvalue weighted by Crippen LogP contribution is 2.41. The standard InChI is InChI=1S/C31H23F7N4O5S/c1-29(2,13-43)28-41-25(42-47-28)14-4-9-21(46-3)18(10-14)26(44)40-23-17-7-5-15(30(33,34)35)11-22(17)48-24(23)27(45)39-16-6-8-20(32)19(12-16)31(36,37)38/h4-12,43H,13H2,1-3H3,(H,39,45)(H,40,44). The molecule has 0 bridgehead atoms. The zero-order valence-electron chi connectivity index (χ0n) is 24.9. The van der Waals surface area contributed by atoms with Crippen LogP contribution in [0.3, 0.4) is 0 Å².